The van der Waals surface area contributed by atoms with Crippen molar-refractivity contribution in [3.8, 4) is 11.5 Å². The first-order valence-electron chi connectivity index (χ1n) is 9.91. The quantitative estimate of drug-likeness (QED) is 0.347. The van der Waals surface area contributed by atoms with Crippen LogP contribution in [0.15, 0.2) is 71.6 Å². The number of sulfonamides is 1. The van der Waals surface area contributed by atoms with Gasteiger partial charge in [0, 0.05) is 22.2 Å². The maximum absolute atomic E-state index is 12.6. The van der Waals surface area contributed by atoms with Gasteiger partial charge in [0.1, 0.15) is 11.5 Å². The van der Waals surface area contributed by atoms with E-state index in [4.69, 9.17) is 32.7 Å². The predicted octanol–water partition coefficient (Wildman–Crippen LogP) is 5.60. The average molecular weight is 509 g/mol. The van der Waals surface area contributed by atoms with E-state index < -0.39 is 10.0 Å². The van der Waals surface area contributed by atoms with Crippen LogP contribution in [0.1, 0.15) is 12.8 Å². The van der Waals surface area contributed by atoms with Gasteiger partial charge in [-0.05, 0) is 73.2 Å². The highest BCUT2D eigenvalue weighted by atomic mass is 35.5. The van der Waals surface area contributed by atoms with E-state index in [1.54, 1.807) is 31.4 Å². The number of anilines is 2. The van der Waals surface area contributed by atoms with Crippen molar-refractivity contribution in [2.75, 3.05) is 23.8 Å². The third-order valence-corrected chi connectivity index (χ3v) is 6.27. The number of hydrogen-bond acceptors (Lipinski definition) is 5. The number of rotatable bonds is 10. The Balaban J connectivity index is 1.48. The second-order valence-corrected chi connectivity index (χ2v) is 9.52. The Hall–Kier alpha value is -2.94. The monoisotopic (exact) mass is 508 g/mol. The molecule has 1 amide bonds. The van der Waals surface area contributed by atoms with Gasteiger partial charge in [0.2, 0.25) is 5.91 Å². The number of hydrogen-bond donors (Lipinski definition) is 2. The normalized spacial score (nSPS) is 11.0. The lowest BCUT2D eigenvalue weighted by molar-refractivity contribution is -0.116. The van der Waals surface area contributed by atoms with Gasteiger partial charge >= 0.3 is 0 Å². The molecule has 3 aromatic carbocycles. The smallest absolute Gasteiger partial charge is 0.261 e. The summed E-state index contributed by atoms with van der Waals surface area (Å²) >= 11 is 11.8. The minimum Gasteiger partial charge on any atom is -0.497 e. The number of nitrogens with one attached hydrogen (secondary N) is 2. The van der Waals surface area contributed by atoms with Crippen LogP contribution in [0.2, 0.25) is 10.0 Å². The van der Waals surface area contributed by atoms with Crippen molar-refractivity contribution >= 4 is 50.5 Å². The number of ether oxygens (including phenoxy) is 2. The third kappa shape index (κ3) is 7.56. The zero-order chi connectivity index (χ0) is 23.8. The Morgan fingerprint density at radius 1 is 0.879 bits per heavy atom. The van der Waals surface area contributed by atoms with Gasteiger partial charge in [0.25, 0.3) is 10.0 Å². The molecular weight excluding hydrogens is 487 g/mol. The molecule has 0 unspecified atom stereocenters. The molecule has 0 aliphatic carbocycles. The van der Waals surface area contributed by atoms with Crippen LogP contribution in [0, 0.1) is 0 Å². The second kappa shape index (κ2) is 11.3. The summed E-state index contributed by atoms with van der Waals surface area (Å²) in [6, 6.07) is 17.4. The molecule has 0 fully saturated rings. The molecule has 0 aromatic heterocycles. The standard InChI is InChI=1S/C23H22Cl2N2O5S/c1-31-20-6-8-21(9-7-20)32-12-2-3-23(28)26-18-4-10-22(11-5-18)33(29,30)27-19-14-16(24)13-17(25)15-19/h4-11,13-15,27H,2-3,12H2,1H3,(H,26,28). The highest BCUT2D eigenvalue weighted by molar-refractivity contribution is 7.92. The molecule has 3 rings (SSSR count). The van der Waals surface area contributed by atoms with E-state index in [0.717, 1.165) is 5.75 Å². The number of carbonyl (C=O) groups excluding carboxylic acids is 1. The van der Waals surface area contributed by atoms with Crippen molar-refractivity contribution in [1.29, 1.82) is 0 Å². The van der Waals surface area contributed by atoms with E-state index in [1.165, 1.54) is 42.5 Å². The van der Waals surface area contributed by atoms with Crippen LogP contribution in [0.3, 0.4) is 0 Å². The molecule has 0 aliphatic heterocycles. The Morgan fingerprint density at radius 2 is 1.48 bits per heavy atom. The van der Waals surface area contributed by atoms with Gasteiger partial charge in [-0.1, -0.05) is 23.2 Å². The number of benzene rings is 3. The van der Waals surface area contributed by atoms with Crippen LogP contribution in [0.5, 0.6) is 11.5 Å². The summed E-state index contributed by atoms with van der Waals surface area (Å²) in [7, 11) is -2.25. The molecule has 174 valence electrons. The first-order chi connectivity index (χ1) is 15.7. The summed E-state index contributed by atoms with van der Waals surface area (Å²) in [5.41, 5.74) is 0.738. The summed E-state index contributed by atoms with van der Waals surface area (Å²) < 4.78 is 38.3. The maximum atomic E-state index is 12.6. The van der Waals surface area contributed by atoms with Gasteiger partial charge < -0.3 is 14.8 Å². The molecule has 33 heavy (non-hydrogen) atoms. The van der Waals surface area contributed by atoms with E-state index in [9.17, 15) is 13.2 Å². The lowest BCUT2D eigenvalue weighted by atomic mass is 10.2. The van der Waals surface area contributed by atoms with E-state index in [-0.39, 0.29) is 22.9 Å². The first-order valence-corrected chi connectivity index (χ1v) is 12.1. The topological polar surface area (TPSA) is 93.7 Å². The molecule has 2 N–H and O–H groups in total. The Bertz CT molecular complexity index is 1180. The number of amides is 1. The molecule has 0 radical (unpaired) electrons. The molecule has 0 saturated carbocycles. The molecule has 0 spiro atoms. The predicted molar refractivity (Wildman–Crippen MR) is 130 cm³/mol. The SMILES string of the molecule is COc1ccc(OCCCC(=O)Nc2ccc(S(=O)(=O)Nc3cc(Cl)cc(Cl)c3)cc2)cc1. The molecular formula is C23H22Cl2N2O5S. The summed E-state index contributed by atoms with van der Waals surface area (Å²) in [5, 5.41) is 3.36. The average Bonchev–Trinajstić information content (AvgIpc) is 2.76. The van der Waals surface area contributed by atoms with Crippen molar-refractivity contribution in [1.82, 2.24) is 0 Å². The van der Waals surface area contributed by atoms with E-state index in [0.29, 0.717) is 34.5 Å². The number of methoxy groups -OCH3 is 1. The summed E-state index contributed by atoms with van der Waals surface area (Å²) in [6.07, 6.45) is 0.781. The minimum absolute atomic E-state index is 0.0319. The fourth-order valence-electron chi connectivity index (χ4n) is 2.86. The van der Waals surface area contributed by atoms with Crippen molar-refractivity contribution in [3.05, 3.63) is 76.8 Å². The zero-order valence-electron chi connectivity index (χ0n) is 17.7. The van der Waals surface area contributed by atoms with Crippen LogP contribution in [0.25, 0.3) is 0 Å². The molecule has 0 atom stereocenters. The fourth-order valence-corrected chi connectivity index (χ4v) is 4.43. The summed E-state index contributed by atoms with van der Waals surface area (Å²) in [5.74, 6) is 1.24. The lowest BCUT2D eigenvalue weighted by Gasteiger charge is -2.10. The Labute approximate surface area is 202 Å². The molecule has 3 aromatic rings. The largest absolute Gasteiger partial charge is 0.497 e. The zero-order valence-corrected chi connectivity index (χ0v) is 20.0. The molecule has 0 heterocycles. The van der Waals surface area contributed by atoms with Crippen LogP contribution in [-0.4, -0.2) is 28.0 Å². The number of halogens is 2. The van der Waals surface area contributed by atoms with E-state index in [2.05, 4.69) is 10.0 Å². The molecule has 0 saturated heterocycles. The van der Waals surface area contributed by atoms with Crippen LogP contribution < -0.4 is 19.5 Å². The highest BCUT2D eigenvalue weighted by Gasteiger charge is 2.15. The summed E-state index contributed by atoms with van der Waals surface area (Å²) in [6.45, 7) is 0.385. The van der Waals surface area contributed by atoms with Gasteiger partial charge in [-0.15, -0.1) is 0 Å². The van der Waals surface area contributed by atoms with Crippen molar-refractivity contribution in [2.24, 2.45) is 0 Å². The fraction of sp³-hybridized carbons (Fsp3) is 0.174. The Kier molecular flexibility index (Phi) is 8.43. The van der Waals surface area contributed by atoms with E-state index in [1.807, 2.05) is 0 Å². The molecule has 7 nitrogen and oxygen atoms in total. The van der Waals surface area contributed by atoms with Crippen molar-refractivity contribution in [3.63, 3.8) is 0 Å². The van der Waals surface area contributed by atoms with Crippen molar-refractivity contribution < 1.29 is 22.7 Å². The van der Waals surface area contributed by atoms with Crippen LogP contribution in [-0.2, 0) is 14.8 Å². The van der Waals surface area contributed by atoms with E-state index >= 15 is 0 Å². The molecule has 0 bridgehead atoms. The summed E-state index contributed by atoms with van der Waals surface area (Å²) in [4.78, 5) is 12.2. The molecule has 0 aliphatic rings. The highest BCUT2D eigenvalue weighted by Crippen LogP contribution is 2.25. The van der Waals surface area contributed by atoms with Gasteiger partial charge in [0.05, 0.1) is 24.3 Å². The van der Waals surface area contributed by atoms with Crippen LogP contribution in [0.4, 0.5) is 11.4 Å². The first kappa shape index (κ1) is 24.7. The van der Waals surface area contributed by atoms with Crippen molar-refractivity contribution in [2.45, 2.75) is 17.7 Å². The maximum Gasteiger partial charge on any atom is 0.261 e. The lowest BCUT2D eigenvalue weighted by Crippen LogP contribution is -2.14. The third-order valence-electron chi connectivity index (χ3n) is 4.44. The Morgan fingerprint density at radius 3 is 2.09 bits per heavy atom. The number of carbonyl (C=O) groups is 1. The second-order valence-electron chi connectivity index (χ2n) is 6.96. The molecule has 10 heteroatoms. The van der Waals surface area contributed by atoms with Gasteiger partial charge in [-0.2, -0.15) is 0 Å². The van der Waals surface area contributed by atoms with Gasteiger partial charge in [-0.3, -0.25) is 9.52 Å². The van der Waals surface area contributed by atoms with Gasteiger partial charge in [-0.25, -0.2) is 8.42 Å². The van der Waals surface area contributed by atoms with Gasteiger partial charge in [0.15, 0.2) is 0 Å². The minimum atomic E-state index is -3.84. The van der Waals surface area contributed by atoms with Crippen LogP contribution >= 0.6 is 23.2 Å².